The summed E-state index contributed by atoms with van der Waals surface area (Å²) in [5.74, 6) is -0.414. The number of nitrogens with zero attached hydrogens (tertiary/aromatic N) is 2. The molecule has 0 spiro atoms. The second-order valence-electron chi connectivity index (χ2n) is 11.0. The van der Waals surface area contributed by atoms with Gasteiger partial charge in [-0.15, -0.1) is 0 Å². The number of para-hydroxylation sites is 1. The van der Waals surface area contributed by atoms with Gasteiger partial charge in [-0.1, -0.05) is 25.1 Å². The van der Waals surface area contributed by atoms with E-state index < -0.39 is 23.8 Å². The van der Waals surface area contributed by atoms with E-state index in [4.69, 9.17) is 9.47 Å². The van der Waals surface area contributed by atoms with Crippen molar-refractivity contribution >= 4 is 23.7 Å². The Morgan fingerprint density at radius 1 is 1.26 bits per heavy atom. The first kappa shape index (κ1) is 26.0. The zero-order valence-electron chi connectivity index (χ0n) is 21.5. The highest BCUT2D eigenvalue weighted by atomic mass is 16.6. The second kappa shape index (κ2) is 9.94. The lowest BCUT2D eigenvalue weighted by Crippen LogP contribution is -2.65. The van der Waals surface area contributed by atoms with Gasteiger partial charge < -0.3 is 19.7 Å². The van der Waals surface area contributed by atoms with Crippen LogP contribution in [0.25, 0.3) is 0 Å². The van der Waals surface area contributed by atoms with E-state index in [2.05, 4.69) is 24.1 Å². The summed E-state index contributed by atoms with van der Waals surface area (Å²) < 4.78 is 11.1. The Morgan fingerprint density at radius 3 is 2.53 bits per heavy atom. The minimum atomic E-state index is -0.651. The first-order valence-electron chi connectivity index (χ1n) is 12.1. The van der Waals surface area contributed by atoms with Crippen LogP contribution in [0.3, 0.4) is 0 Å². The Morgan fingerprint density at radius 2 is 1.94 bits per heavy atom. The molecule has 3 rings (SSSR count). The van der Waals surface area contributed by atoms with Gasteiger partial charge in [-0.2, -0.15) is 0 Å². The van der Waals surface area contributed by atoms with Crippen molar-refractivity contribution in [2.45, 2.75) is 84.6 Å². The molecule has 34 heavy (non-hydrogen) atoms. The molecule has 2 amide bonds. The van der Waals surface area contributed by atoms with E-state index in [1.807, 2.05) is 43.0 Å². The average molecular weight is 474 g/mol. The van der Waals surface area contributed by atoms with E-state index in [-0.39, 0.29) is 29.9 Å². The number of aryl methyl sites for hydroxylation is 1. The molecule has 2 heterocycles. The quantitative estimate of drug-likeness (QED) is 0.635. The first-order chi connectivity index (χ1) is 15.8. The van der Waals surface area contributed by atoms with Gasteiger partial charge in [-0.05, 0) is 66.0 Å². The molecule has 1 aromatic carbocycles. The lowest BCUT2D eigenvalue weighted by atomic mass is 9.94. The molecule has 0 saturated carbocycles. The molecular weight excluding hydrogens is 434 g/mol. The Labute approximate surface area is 202 Å². The molecule has 8 heteroatoms. The number of amides is 2. The van der Waals surface area contributed by atoms with Crippen molar-refractivity contribution in [2.24, 2.45) is 5.92 Å². The number of rotatable bonds is 6. The molecule has 2 aliphatic rings. The standard InChI is InChI=1S/C26H39N3O5/c1-8-18-13-21(33-23(18)31)19(27-24(32)34-25(3,4)5)14-28-15-22(30)29(16-26(28,6)7)20-12-10-9-11-17(20)2/h9-12,18-19,21H,8,13-16H2,1-7H3,(H,27,32)/t18-,19+,21+/m1/s1. The third-order valence-corrected chi connectivity index (χ3v) is 6.61. The smallest absolute Gasteiger partial charge is 0.408 e. The van der Waals surface area contributed by atoms with Crippen LogP contribution >= 0.6 is 0 Å². The summed E-state index contributed by atoms with van der Waals surface area (Å²) in [5, 5.41) is 2.93. The summed E-state index contributed by atoms with van der Waals surface area (Å²) in [5.41, 5.74) is 0.949. The molecule has 0 aliphatic carbocycles. The number of cyclic esters (lactones) is 1. The average Bonchev–Trinajstić information content (AvgIpc) is 3.10. The second-order valence-corrected chi connectivity index (χ2v) is 11.0. The maximum atomic E-state index is 13.2. The van der Waals surface area contributed by atoms with Crippen molar-refractivity contribution in [3.05, 3.63) is 29.8 Å². The normalized spacial score (nSPS) is 24.0. The Kier molecular flexibility index (Phi) is 7.60. The number of anilines is 1. The maximum Gasteiger partial charge on any atom is 0.408 e. The number of nitrogens with one attached hydrogen (secondary N) is 1. The van der Waals surface area contributed by atoms with Crippen LogP contribution in [-0.4, -0.2) is 65.8 Å². The summed E-state index contributed by atoms with van der Waals surface area (Å²) in [7, 11) is 0. The van der Waals surface area contributed by atoms with Gasteiger partial charge >= 0.3 is 12.1 Å². The topological polar surface area (TPSA) is 88.2 Å². The maximum absolute atomic E-state index is 13.2. The summed E-state index contributed by atoms with van der Waals surface area (Å²) in [6, 6.07) is 7.38. The summed E-state index contributed by atoms with van der Waals surface area (Å²) in [6.45, 7) is 14.6. The summed E-state index contributed by atoms with van der Waals surface area (Å²) in [6.07, 6.45) is 0.197. The van der Waals surface area contributed by atoms with Crippen molar-refractivity contribution in [3.63, 3.8) is 0 Å². The SMILES string of the molecule is CC[C@@H]1C[C@@H]([C@H](CN2CC(=O)N(c3ccccc3C)CC2(C)C)NC(=O)OC(C)(C)C)OC1=O. The predicted octanol–water partition coefficient (Wildman–Crippen LogP) is 3.66. The molecule has 3 atom stereocenters. The Hall–Kier alpha value is -2.61. The van der Waals surface area contributed by atoms with Crippen LogP contribution in [0, 0.1) is 12.8 Å². The van der Waals surface area contributed by atoms with Gasteiger partial charge in [-0.3, -0.25) is 14.5 Å². The monoisotopic (exact) mass is 473 g/mol. The van der Waals surface area contributed by atoms with Crippen LogP contribution in [0.4, 0.5) is 10.5 Å². The molecule has 188 valence electrons. The molecule has 2 fully saturated rings. The van der Waals surface area contributed by atoms with Crippen molar-refractivity contribution in [1.82, 2.24) is 10.2 Å². The van der Waals surface area contributed by atoms with Crippen molar-refractivity contribution in [2.75, 3.05) is 24.5 Å². The number of hydrogen-bond acceptors (Lipinski definition) is 6. The minimum Gasteiger partial charge on any atom is -0.460 e. The number of ether oxygens (including phenoxy) is 2. The molecule has 8 nitrogen and oxygen atoms in total. The van der Waals surface area contributed by atoms with Gasteiger partial charge in [-0.25, -0.2) is 4.79 Å². The fourth-order valence-corrected chi connectivity index (χ4v) is 4.64. The zero-order chi connectivity index (χ0) is 25.3. The third kappa shape index (κ3) is 6.09. The van der Waals surface area contributed by atoms with E-state index in [0.29, 0.717) is 25.9 Å². The van der Waals surface area contributed by atoms with Gasteiger partial charge in [0.2, 0.25) is 5.91 Å². The molecule has 0 unspecified atom stereocenters. The lowest BCUT2D eigenvalue weighted by molar-refractivity contribution is -0.145. The lowest BCUT2D eigenvalue weighted by Gasteiger charge is -2.48. The fraction of sp³-hybridized carbons (Fsp3) is 0.654. The summed E-state index contributed by atoms with van der Waals surface area (Å²) >= 11 is 0. The third-order valence-electron chi connectivity index (χ3n) is 6.61. The molecule has 1 N–H and O–H groups in total. The van der Waals surface area contributed by atoms with Crippen LogP contribution in [0.2, 0.25) is 0 Å². The highest BCUT2D eigenvalue weighted by molar-refractivity contribution is 5.96. The number of piperazine rings is 1. The molecule has 2 saturated heterocycles. The molecule has 0 aromatic heterocycles. The number of hydrogen-bond donors (Lipinski definition) is 1. The van der Waals surface area contributed by atoms with Crippen LogP contribution in [0.1, 0.15) is 59.9 Å². The number of esters is 1. The summed E-state index contributed by atoms with van der Waals surface area (Å²) in [4.78, 5) is 42.0. The Balaban J connectivity index is 1.79. The number of carbonyl (C=O) groups excluding carboxylic acids is 3. The van der Waals surface area contributed by atoms with Crippen LogP contribution < -0.4 is 10.2 Å². The van der Waals surface area contributed by atoms with Gasteiger partial charge in [0, 0.05) is 24.3 Å². The fourth-order valence-electron chi connectivity index (χ4n) is 4.64. The number of alkyl carbamates (subject to hydrolysis) is 1. The van der Waals surface area contributed by atoms with Gasteiger partial charge in [0.05, 0.1) is 18.5 Å². The molecule has 1 aromatic rings. The van der Waals surface area contributed by atoms with Crippen LogP contribution in [0.5, 0.6) is 0 Å². The highest BCUT2D eigenvalue weighted by Crippen LogP contribution is 2.31. The minimum absolute atomic E-state index is 0.000468. The van der Waals surface area contributed by atoms with Crippen molar-refractivity contribution < 1.29 is 23.9 Å². The van der Waals surface area contributed by atoms with E-state index in [9.17, 15) is 14.4 Å². The number of benzene rings is 1. The molecular formula is C26H39N3O5. The highest BCUT2D eigenvalue weighted by Gasteiger charge is 2.44. The molecule has 2 aliphatic heterocycles. The molecule has 0 bridgehead atoms. The van der Waals surface area contributed by atoms with Gasteiger partial charge in [0.1, 0.15) is 11.7 Å². The van der Waals surface area contributed by atoms with Crippen molar-refractivity contribution in [3.8, 4) is 0 Å². The van der Waals surface area contributed by atoms with E-state index in [1.54, 1.807) is 20.8 Å². The number of carbonyl (C=O) groups is 3. The Bertz CT molecular complexity index is 923. The van der Waals surface area contributed by atoms with E-state index in [1.165, 1.54) is 0 Å². The van der Waals surface area contributed by atoms with Gasteiger partial charge in [0.25, 0.3) is 0 Å². The van der Waals surface area contributed by atoms with Gasteiger partial charge in [0.15, 0.2) is 0 Å². The van der Waals surface area contributed by atoms with Crippen molar-refractivity contribution in [1.29, 1.82) is 0 Å². The molecule has 0 radical (unpaired) electrons. The largest absolute Gasteiger partial charge is 0.460 e. The van der Waals surface area contributed by atoms with Crippen LogP contribution in [-0.2, 0) is 19.1 Å². The van der Waals surface area contributed by atoms with Crippen LogP contribution in [0.15, 0.2) is 24.3 Å². The predicted molar refractivity (Wildman–Crippen MR) is 131 cm³/mol. The van der Waals surface area contributed by atoms with E-state index in [0.717, 1.165) is 11.3 Å². The van der Waals surface area contributed by atoms with E-state index >= 15 is 0 Å². The zero-order valence-corrected chi connectivity index (χ0v) is 21.5. The first-order valence-corrected chi connectivity index (χ1v) is 12.1.